The molecule has 0 bridgehead atoms. The van der Waals surface area contributed by atoms with Gasteiger partial charge in [0.1, 0.15) is 5.82 Å². The highest BCUT2D eigenvalue weighted by Gasteiger charge is 2.17. The van der Waals surface area contributed by atoms with Crippen LogP contribution in [0.3, 0.4) is 0 Å². The van der Waals surface area contributed by atoms with Gasteiger partial charge in [0.2, 0.25) is 0 Å². The number of aryl methyl sites for hydroxylation is 1. The smallest absolute Gasteiger partial charge is 0.262 e. The highest BCUT2D eigenvalue weighted by molar-refractivity contribution is 7.92. The molecule has 0 aliphatic carbocycles. The number of hydrogen-bond acceptors (Lipinski definition) is 4. The minimum Gasteiger partial charge on any atom is -0.356 e. The molecule has 3 aromatic carbocycles. The van der Waals surface area contributed by atoms with E-state index in [0.717, 1.165) is 17.4 Å². The maximum Gasteiger partial charge on any atom is 0.262 e. The van der Waals surface area contributed by atoms with Gasteiger partial charge in [0, 0.05) is 17.1 Å². The number of halogens is 1. The average molecular weight is 381 g/mol. The molecule has 0 saturated heterocycles. The molecule has 0 unspecified atom stereocenters. The van der Waals surface area contributed by atoms with Crippen LogP contribution < -0.4 is 10.0 Å². The molecule has 0 heterocycles. The van der Waals surface area contributed by atoms with E-state index in [1.165, 1.54) is 12.1 Å². The molecule has 0 amide bonds. The molecule has 5 nitrogen and oxygen atoms in total. The minimum absolute atomic E-state index is 0.0312. The number of nitriles is 1. The Kier molecular flexibility index (Phi) is 5.10. The van der Waals surface area contributed by atoms with Crippen LogP contribution in [0.1, 0.15) is 11.1 Å². The highest BCUT2D eigenvalue weighted by atomic mass is 32.2. The van der Waals surface area contributed by atoms with E-state index < -0.39 is 15.8 Å². The fraction of sp³-hybridized carbons (Fsp3) is 0.0500. The van der Waals surface area contributed by atoms with Crippen molar-refractivity contribution in [3.63, 3.8) is 0 Å². The molecular formula is C20H16FN3O2S. The third-order valence-electron chi connectivity index (χ3n) is 3.87. The Labute approximate surface area is 157 Å². The fourth-order valence-corrected chi connectivity index (χ4v) is 3.83. The topological polar surface area (TPSA) is 82.0 Å². The molecule has 3 aromatic rings. The summed E-state index contributed by atoms with van der Waals surface area (Å²) in [5.74, 6) is -0.482. The minimum atomic E-state index is -3.81. The molecule has 0 atom stereocenters. The summed E-state index contributed by atoms with van der Waals surface area (Å²) in [6.07, 6.45) is 0. The van der Waals surface area contributed by atoms with Crippen molar-refractivity contribution in [2.75, 3.05) is 10.0 Å². The molecular weight excluding hydrogens is 365 g/mol. The lowest BCUT2D eigenvalue weighted by molar-refractivity contribution is 0.598. The third kappa shape index (κ3) is 4.43. The van der Waals surface area contributed by atoms with E-state index in [-0.39, 0.29) is 4.90 Å². The van der Waals surface area contributed by atoms with Crippen LogP contribution in [0.4, 0.5) is 21.5 Å². The van der Waals surface area contributed by atoms with Gasteiger partial charge in [-0.2, -0.15) is 5.26 Å². The summed E-state index contributed by atoms with van der Waals surface area (Å²) in [5.41, 5.74) is 2.87. The van der Waals surface area contributed by atoms with Gasteiger partial charge in [-0.1, -0.05) is 0 Å². The Balaban J connectivity index is 1.74. The molecule has 0 aliphatic rings. The summed E-state index contributed by atoms with van der Waals surface area (Å²) in [4.78, 5) is 0.0312. The standard InChI is InChI=1S/C20H16FN3O2S/c1-14-12-16(21)4-11-20(14)27(25,26)24-19-9-7-18(8-10-19)23-17-5-2-15(13-22)3-6-17/h2-12,23-24H,1H3. The van der Waals surface area contributed by atoms with E-state index >= 15 is 0 Å². The summed E-state index contributed by atoms with van der Waals surface area (Å²) in [7, 11) is -3.81. The number of sulfonamides is 1. The first-order chi connectivity index (χ1) is 12.9. The number of hydrogen-bond donors (Lipinski definition) is 2. The molecule has 27 heavy (non-hydrogen) atoms. The van der Waals surface area contributed by atoms with Gasteiger partial charge in [-0.3, -0.25) is 4.72 Å². The molecule has 0 radical (unpaired) electrons. The number of anilines is 3. The van der Waals surface area contributed by atoms with E-state index in [4.69, 9.17) is 5.26 Å². The maximum absolute atomic E-state index is 13.2. The van der Waals surface area contributed by atoms with Crippen LogP contribution in [-0.4, -0.2) is 8.42 Å². The Morgan fingerprint density at radius 2 is 1.44 bits per heavy atom. The van der Waals surface area contributed by atoms with Crippen molar-refractivity contribution in [1.82, 2.24) is 0 Å². The number of rotatable bonds is 5. The average Bonchev–Trinajstić information content (AvgIpc) is 2.63. The first-order valence-corrected chi connectivity index (χ1v) is 9.52. The first kappa shape index (κ1) is 18.4. The van der Waals surface area contributed by atoms with Gasteiger partial charge in [-0.15, -0.1) is 0 Å². The van der Waals surface area contributed by atoms with Crippen LogP contribution in [0.25, 0.3) is 0 Å². The van der Waals surface area contributed by atoms with Crippen LogP contribution in [0.15, 0.2) is 71.6 Å². The van der Waals surface area contributed by atoms with Crippen LogP contribution in [0.2, 0.25) is 0 Å². The molecule has 0 aromatic heterocycles. The molecule has 0 fully saturated rings. The Morgan fingerprint density at radius 1 is 0.889 bits per heavy atom. The monoisotopic (exact) mass is 381 g/mol. The van der Waals surface area contributed by atoms with Gasteiger partial charge in [-0.25, -0.2) is 12.8 Å². The lowest BCUT2D eigenvalue weighted by atomic mass is 10.2. The van der Waals surface area contributed by atoms with Gasteiger partial charge in [-0.05, 0) is 79.2 Å². The second kappa shape index (κ2) is 7.48. The van der Waals surface area contributed by atoms with E-state index in [9.17, 15) is 12.8 Å². The number of nitrogens with one attached hydrogen (secondary N) is 2. The quantitative estimate of drug-likeness (QED) is 0.679. The van der Waals surface area contributed by atoms with Crippen molar-refractivity contribution < 1.29 is 12.8 Å². The Morgan fingerprint density at radius 3 is 2.00 bits per heavy atom. The molecule has 3 rings (SSSR count). The predicted octanol–water partition coefficient (Wildman–Crippen LogP) is 4.55. The molecule has 0 saturated carbocycles. The molecule has 2 N–H and O–H groups in total. The third-order valence-corrected chi connectivity index (χ3v) is 5.41. The maximum atomic E-state index is 13.2. The second-order valence-corrected chi connectivity index (χ2v) is 7.56. The zero-order valence-corrected chi connectivity index (χ0v) is 15.2. The highest BCUT2D eigenvalue weighted by Crippen LogP contribution is 2.23. The van der Waals surface area contributed by atoms with Gasteiger partial charge < -0.3 is 5.32 Å². The molecule has 0 spiro atoms. The van der Waals surface area contributed by atoms with E-state index in [0.29, 0.717) is 16.8 Å². The zero-order valence-electron chi connectivity index (χ0n) is 14.4. The van der Waals surface area contributed by atoms with Gasteiger partial charge in [0.05, 0.1) is 16.5 Å². The van der Waals surface area contributed by atoms with Crippen molar-refractivity contribution in [2.45, 2.75) is 11.8 Å². The summed E-state index contributed by atoms with van der Waals surface area (Å²) in [5, 5.41) is 12.0. The zero-order chi connectivity index (χ0) is 19.4. The van der Waals surface area contributed by atoms with E-state index in [2.05, 4.69) is 16.1 Å². The summed E-state index contributed by atoms with van der Waals surface area (Å²) in [6, 6.07) is 19.3. The van der Waals surface area contributed by atoms with Crippen LogP contribution in [0.5, 0.6) is 0 Å². The van der Waals surface area contributed by atoms with E-state index in [1.807, 2.05) is 0 Å². The summed E-state index contributed by atoms with van der Waals surface area (Å²) >= 11 is 0. The van der Waals surface area contributed by atoms with E-state index in [1.54, 1.807) is 55.5 Å². The SMILES string of the molecule is Cc1cc(F)ccc1S(=O)(=O)Nc1ccc(Nc2ccc(C#N)cc2)cc1. The largest absolute Gasteiger partial charge is 0.356 e. The van der Waals surface area contributed by atoms with Crippen molar-refractivity contribution in [3.8, 4) is 6.07 Å². The lowest BCUT2D eigenvalue weighted by Gasteiger charge is -2.12. The molecule has 136 valence electrons. The first-order valence-electron chi connectivity index (χ1n) is 8.03. The molecule has 7 heteroatoms. The van der Waals surface area contributed by atoms with Crippen molar-refractivity contribution in [2.24, 2.45) is 0 Å². The van der Waals surface area contributed by atoms with Gasteiger partial charge >= 0.3 is 0 Å². The lowest BCUT2D eigenvalue weighted by Crippen LogP contribution is -2.14. The van der Waals surface area contributed by atoms with Gasteiger partial charge in [0.25, 0.3) is 10.0 Å². The second-order valence-electron chi connectivity index (χ2n) is 5.91. The molecule has 0 aliphatic heterocycles. The summed E-state index contributed by atoms with van der Waals surface area (Å²) < 4.78 is 40.7. The van der Waals surface area contributed by atoms with Crippen molar-refractivity contribution >= 4 is 27.1 Å². The normalized spacial score (nSPS) is 10.9. The predicted molar refractivity (Wildman–Crippen MR) is 103 cm³/mol. The van der Waals surface area contributed by atoms with Crippen molar-refractivity contribution in [1.29, 1.82) is 5.26 Å². The fourth-order valence-electron chi connectivity index (χ4n) is 2.54. The number of nitrogens with zero attached hydrogens (tertiary/aromatic N) is 1. The number of benzene rings is 3. The van der Waals surface area contributed by atoms with Crippen molar-refractivity contribution in [3.05, 3.63) is 83.7 Å². The van der Waals surface area contributed by atoms with Crippen LogP contribution in [0, 0.1) is 24.1 Å². The van der Waals surface area contributed by atoms with Gasteiger partial charge in [0.15, 0.2) is 0 Å². The summed E-state index contributed by atoms with van der Waals surface area (Å²) in [6.45, 7) is 1.54. The van der Waals surface area contributed by atoms with Crippen LogP contribution >= 0.6 is 0 Å². The Hall–Kier alpha value is -3.37. The Bertz CT molecular complexity index is 1100. The van der Waals surface area contributed by atoms with Crippen LogP contribution in [-0.2, 0) is 10.0 Å².